The van der Waals surface area contributed by atoms with E-state index < -0.39 is 0 Å². The summed E-state index contributed by atoms with van der Waals surface area (Å²) in [7, 11) is 0. The van der Waals surface area contributed by atoms with Crippen molar-refractivity contribution in [1.29, 1.82) is 0 Å². The second kappa shape index (κ2) is 5.71. The van der Waals surface area contributed by atoms with Crippen molar-refractivity contribution in [3.05, 3.63) is 54.0 Å². The predicted molar refractivity (Wildman–Crippen MR) is 78.9 cm³/mol. The summed E-state index contributed by atoms with van der Waals surface area (Å²) in [6, 6.07) is 12.0. The molecular weight excluding hydrogens is 251 g/mol. The molecule has 0 N–H and O–H groups in total. The van der Waals surface area contributed by atoms with Gasteiger partial charge in [-0.15, -0.1) is 0 Å². The van der Waals surface area contributed by atoms with Crippen molar-refractivity contribution in [2.24, 2.45) is 0 Å². The topological polar surface area (TPSA) is 16.1 Å². The average molecular weight is 270 g/mol. The van der Waals surface area contributed by atoms with Gasteiger partial charge < -0.3 is 0 Å². The van der Waals surface area contributed by atoms with Crippen LogP contribution in [0.5, 0.6) is 0 Å². The molecule has 0 radical (unpaired) electrons. The lowest BCUT2D eigenvalue weighted by atomic mass is 10.0. The fourth-order valence-corrected chi connectivity index (χ4v) is 2.84. The smallest absolute Gasteiger partial charge is 0.141 e. The Bertz CT molecular complexity index is 574. The minimum absolute atomic E-state index is 0.296. The van der Waals surface area contributed by atoms with Crippen LogP contribution in [0.4, 0.5) is 4.39 Å². The maximum Gasteiger partial charge on any atom is 0.141 e. The van der Waals surface area contributed by atoms with Crippen LogP contribution in [0.1, 0.15) is 31.4 Å². The molecule has 0 saturated carbocycles. The lowest BCUT2D eigenvalue weighted by molar-refractivity contribution is 0.263. The van der Waals surface area contributed by atoms with Crippen molar-refractivity contribution in [3.8, 4) is 11.3 Å². The van der Waals surface area contributed by atoms with E-state index in [2.05, 4.69) is 35.0 Å². The van der Waals surface area contributed by atoms with E-state index in [1.54, 1.807) is 6.07 Å². The van der Waals surface area contributed by atoms with Gasteiger partial charge >= 0.3 is 0 Å². The Hall–Kier alpha value is -1.74. The Morgan fingerprint density at radius 3 is 2.65 bits per heavy atom. The van der Waals surface area contributed by atoms with Crippen LogP contribution in [0.15, 0.2) is 42.6 Å². The second-order valence-electron chi connectivity index (χ2n) is 5.41. The molecule has 0 unspecified atom stereocenters. The normalized spacial score (nSPS) is 17.3. The zero-order chi connectivity index (χ0) is 13.9. The summed E-state index contributed by atoms with van der Waals surface area (Å²) < 4.78 is 12.9. The standard InChI is InChI=1S/C17H19FN2/c1-13(20-9-2-3-10-20)14-5-4-6-15(11-14)17-8-7-16(18)12-19-17/h4-8,11-13H,2-3,9-10H2,1H3/t13-/m0/s1. The van der Waals surface area contributed by atoms with Crippen LogP contribution in [0, 0.1) is 5.82 Å². The fourth-order valence-electron chi connectivity index (χ4n) is 2.84. The average Bonchev–Trinajstić information content (AvgIpc) is 3.01. The third kappa shape index (κ3) is 2.73. The van der Waals surface area contributed by atoms with E-state index in [0.717, 1.165) is 11.3 Å². The van der Waals surface area contributed by atoms with Gasteiger partial charge in [-0.25, -0.2) is 4.39 Å². The van der Waals surface area contributed by atoms with Crippen LogP contribution >= 0.6 is 0 Å². The molecule has 2 nitrogen and oxygen atoms in total. The third-order valence-corrected chi connectivity index (χ3v) is 4.08. The molecule has 2 heterocycles. The molecule has 3 heteroatoms. The Labute approximate surface area is 119 Å². The lowest BCUT2D eigenvalue weighted by Gasteiger charge is -2.24. The number of nitrogens with zero attached hydrogens (tertiary/aromatic N) is 2. The van der Waals surface area contributed by atoms with Crippen molar-refractivity contribution in [3.63, 3.8) is 0 Å². The maximum atomic E-state index is 12.9. The fraction of sp³-hybridized carbons (Fsp3) is 0.353. The molecule has 0 amide bonds. The summed E-state index contributed by atoms with van der Waals surface area (Å²) in [6.07, 6.45) is 3.86. The monoisotopic (exact) mass is 270 g/mol. The summed E-state index contributed by atoms with van der Waals surface area (Å²) in [5, 5.41) is 0. The first-order valence-corrected chi connectivity index (χ1v) is 7.20. The van der Waals surface area contributed by atoms with Crippen LogP contribution in [0.2, 0.25) is 0 Å². The Balaban J connectivity index is 1.87. The quantitative estimate of drug-likeness (QED) is 0.836. The van der Waals surface area contributed by atoms with Gasteiger partial charge in [0.15, 0.2) is 0 Å². The highest BCUT2D eigenvalue weighted by molar-refractivity contribution is 5.60. The van der Waals surface area contributed by atoms with Crippen LogP contribution < -0.4 is 0 Å². The van der Waals surface area contributed by atoms with Gasteiger partial charge in [-0.05, 0) is 56.6 Å². The largest absolute Gasteiger partial charge is 0.297 e. The predicted octanol–water partition coefficient (Wildman–Crippen LogP) is 4.04. The number of benzene rings is 1. The number of hydrogen-bond donors (Lipinski definition) is 0. The summed E-state index contributed by atoms with van der Waals surface area (Å²) in [6.45, 7) is 4.61. The van der Waals surface area contributed by atoms with Gasteiger partial charge in [-0.2, -0.15) is 0 Å². The second-order valence-corrected chi connectivity index (χ2v) is 5.41. The number of pyridine rings is 1. The van der Waals surface area contributed by atoms with Crippen LogP contribution in [-0.4, -0.2) is 23.0 Å². The zero-order valence-electron chi connectivity index (χ0n) is 11.7. The molecular formula is C17H19FN2. The lowest BCUT2D eigenvalue weighted by Crippen LogP contribution is -2.23. The van der Waals surface area contributed by atoms with Gasteiger partial charge in [-0.1, -0.05) is 18.2 Å². The number of aromatic nitrogens is 1. The van der Waals surface area contributed by atoms with Crippen molar-refractivity contribution in [2.75, 3.05) is 13.1 Å². The van der Waals surface area contributed by atoms with E-state index in [0.29, 0.717) is 6.04 Å². The molecule has 1 atom stereocenters. The van der Waals surface area contributed by atoms with Crippen LogP contribution in [0.25, 0.3) is 11.3 Å². The van der Waals surface area contributed by atoms with Crippen LogP contribution in [-0.2, 0) is 0 Å². The summed E-state index contributed by atoms with van der Waals surface area (Å²) >= 11 is 0. The molecule has 20 heavy (non-hydrogen) atoms. The molecule has 2 aromatic rings. The van der Waals surface area contributed by atoms with Gasteiger partial charge in [-0.3, -0.25) is 9.88 Å². The first kappa shape index (κ1) is 13.3. The molecule has 1 fully saturated rings. The minimum atomic E-state index is -0.296. The van der Waals surface area contributed by atoms with Gasteiger partial charge in [0.25, 0.3) is 0 Å². The molecule has 1 aromatic heterocycles. The Morgan fingerprint density at radius 1 is 1.15 bits per heavy atom. The van der Waals surface area contributed by atoms with Crippen molar-refractivity contribution in [2.45, 2.75) is 25.8 Å². The third-order valence-electron chi connectivity index (χ3n) is 4.08. The van der Waals surface area contributed by atoms with E-state index in [1.165, 1.54) is 43.8 Å². The van der Waals surface area contributed by atoms with E-state index in [1.807, 2.05) is 6.07 Å². The number of likely N-dealkylation sites (tertiary alicyclic amines) is 1. The summed E-state index contributed by atoms with van der Waals surface area (Å²) in [5.74, 6) is -0.296. The van der Waals surface area contributed by atoms with Gasteiger partial charge in [0.2, 0.25) is 0 Å². The first-order chi connectivity index (χ1) is 9.74. The molecule has 1 aliphatic heterocycles. The van der Waals surface area contributed by atoms with Crippen LogP contribution in [0.3, 0.4) is 0 Å². The zero-order valence-corrected chi connectivity index (χ0v) is 11.7. The minimum Gasteiger partial charge on any atom is -0.297 e. The van der Waals surface area contributed by atoms with Crippen molar-refractivity contribution < 1.29 is 4.39 Å². The van der Waals surface area contributed by atoms with Crippen molar-refractivity contribution in [1.82, 2.24) is 9.88 Å². The van der Waals surface area contributed by atoms with E-state index in [9.17, 15) is 4.39 Å². The molecule has 104 valence electrons. The SMILES string of the molecule is C[C@@H](c1cccc(-c2ccc(F)cn2)c1)N1CCCC1. The highest BCUT2D eigenvalue weighted by Gasteiger charge is 2.19. The highest BCUT2D eigenvalue weighted by atomic mass is 19.1. The Morgan fingerprint density at radius 2 is 1.95 bits per heavy atom. The number of rotatable bonds is 3. The highest BCUT2D eigenvalue weighted by Crippen LogP contribution is 2.27. The molecule has 0 bridgehead atoms. The van der Waals surface area contributed by atoms with E-state index in [4.69, 9.17) is 0 Å². The van der Waals surface area contributed by atoms with Gasteiger partial charge in [0, 0.05) is 11.6 Å². The molecule has 0 aliphatic carbocycles. The molecule has 1 aliphatic rings. The first-order valence-electron chi connectivity index (χ1n) is 7.20. The molecule has 1 saturated heterocycles. The molecule has 3 rings (SSSR count). The Kier molecular flexibility index (Phi) is 3.79. The number of hydrogen-bond acceptors (Lipinski definition) is 2. The van der Waals surface area contributed by atoms with Gasteiger partial charge in [0.05, 0.1) is 11.9 Å². The molecule has 1 aromatic carbocycles. The number of halogens is 1. The van der Waals surface area contributed by atoms with Crippen molar-refractivity contribution >= 4 is 0 Å². The van der Waals surface area contributed by atoms with Gasteiger partial charge in [0.1, 0.15) is 5.82 Å². The summed E-state index contributed by atoms with van der Waals surface area (Å²) in [5.41, 5.74) is 3.17. The maximum absolute atomic E-state index is 12.9. The molecule has 0 spiro atoms. The summed E-state index contributed by atoms with van der Waals surface area (Å²) in [4.78, 5) is 6.67. The van der Waals surface area contributed by atoms with E-state index >= 15 is 0 Å². The van der Waals surface area contributed by atoms with E-state index in [-0.39, 0.29) is 5.82 Å².